The Morgan fingerprint density at radius 3 is 2.71 bits per heavy atom. The highest BCUT2D eigenvalue weighted by Gasteiger charge is 2.23. The van der Waals surface area contributed by atoms with Gasteiger partial charge in [0, 0.05) is 6.54 Å². The largest absolute Gasteiger partial charge is 0.508 e. The number of carboxylic acids is 1. The van der Waals surface area contributed by atoms with Crippen LogP contribution in [0.2, 0.25) is 0 Å². The van der Waals surface area contributed by atoms with Gasteiger partial charge in [-0.1, -0.05) is 19.8 Å². The van der Waals surface area contributed by atoms with Crippen LogP contribution in [-0.4, -0.2) is 28.8 Å². The molecule has 4 N–H and O–H groups in total. The lowest BCUT2D eigenvalue weighted by molar-refractivity contribution is 0.0697. The van der Waals surface area contributed by atoms with Crippen LogP contribution in [0.25, 0.3) is 0 Å². The zero-order valence-electron chi connectivity index (χ0n) is 11.9. The smallest absolute Gasteiger partial charge is 0.337 e. The van der Waals surface area contributed by atoms with Crippen molar-refractivity contribution >= 4 is 17.7 Å². The molecule has 2 atom stereocenters. The van der Waals surface area contributed by atoms with Gasteiger partial charge in [-0.3, -0.25) is 0 Å². The number of phenols is 1. The Kier molecular flexibility index (Phi) is 4.67. The molecular formula is C15H20N2O4. The summed E-state index contributed by atoms with van der Waals surface area (Å²) in [5, 5.41) is 23.7. The van der Waals surface area contributed by atoms with Crippen LogP contribution in [0.3, 0.4) is 0 Å². The fourth-order valence-electron chi connectivity index (χ4n) is 2.73. The molecular weight excluding hydrogens is 272 g/mol. The van der Waals surface area contributed by atoms with E-state index in [9.17, 15) is 14.7 Å². The molecule has 6 heteroatoms. The Bertz CT molecular complexity index is 544. The highest BCUT2D eigenvalue weighted by molar-refractivity contribution is 6.00. The number of carbonyl (C=O) groups excluding carboxylic acids is 1. The van der Waals surface area contributed by atoms with Gasteiger partial charge in [0.05, 0.1) is 11.3 Å². The first-order valence-electron chi connectivity index (χ1n) is 7.08. The lowest BCUT2D eigenvalue weighted by Crippen LogP contribution is -2.34. The Morgan fingerprint density at radius 2 is 2.10 bits per heavy atom. The van der Waals surface area contributed by atoms with Gasteiger partial charge in [0.25, 0.3) is 0 Å². The summed E-state index contributed by atoms with van der Waals surface area (Å²) in [4.78, 5) is 22.9. The van der Waals surface area contributed by atoms with Crippen LogP contribution >= 0.6 is 0 Å². The highest BCUT2D eigenvalue weighted by Crippen LogP contribution is 2.30. The number of carbonyl (C=O) groups is 2. The molecule has 1 fully saturated rings. The van der Waals surface area contributed by atoms with Crippen LogP contribution in [-0.2, 0) is 0 Å². The van der Waals surface area contributed by atoms with Crippen molar-refractivity contribution in [2.45, 2.75) is 26.2 Å². The van der Waals surface area contributed by atoms with E-state index in [1.165, 1.54) is 25.0 Å². The fourth-order valence-corrected chi connectivity index (χ4v) is 2.73. The van der Waals surface area contributed by atoms with Crippen molar-refractivity contribution in [3.63, 3.8) is 0 Å². The van der Waals surface area contributed by atoms with Crippen LogP contribution in [0.4, 0.5) is 10.5 Å². The van der Waals surface area contributed by atoms with Crippen molar-refractivity contribution in [2.75, 3.05) is 11.9 Å². The predicted molar refractivity (Wildman–Crippen MR) is 78.6 cm³/mol. The molecule has 0 aromatic heterocycles. The lowest BCUT2D eigenvalue weighted by atomic mass is 9.98. The van der Waals surface area contributed by atoms with Gasteiger partial charge in [0.15, 0.2) is 0 Å². The van der Waals surface area contributed by atoms with Crippen molar-refractivity contribution in [3.8, 4) is 5.75 Å². The van der Waals surface area contributed by atoms with Crippen LogP contribution in [0.1, 0.15) is 36.5 Å². The first-order valence-corrected chi connectivity index (χ1v) is 7.08. The lowest BCUT2D eigenvalue weighted by Gasteiger charge is -2.16. The number of aromatic carboxylic acids is 1. The van der Waals surface area contributed by atoms with E-state index < -0.39 is 12.0 Å². The number of phenolic OH excluding ortho intramolecular Hbond substituents is 1. The number of carboxylic acid groups (broad SMARTS) is 1. The molecule has 6 nitrogen and oxygen atoms in total. The average Bonchev–Trinajstić information content (AvgIpc) is 2.84. The Morgan fingerprint density at radius 1 is 1.33 bits per heavy atom. The number of anilines is 1. The maximum Gasteiger partial charge on any atom is 0.337 e. The van der Waals surface area contributed by atoms with Gasteiger partial charge in [0.1, 0.15) is 5.75 Å². The van der Waals surface area contributed by atoms with Crippen molar-refractivity contribution in [1.82, 2.24) is 5.32 Å². The van der Waals surface area contributed by atoms with E-state index in [0.29, 0.717) is 18.4 Å². The summed E-state index contributed by atoms with van der Waals surface area (Å²) in [5.41, 5.74) is 0.0247. The summed E-state index contributed by atoms with van der Waals surface area (Å²) < 4.78 is 0. The summed E-state index contributed by atoms with van der Waals surface area (Å²) in [6.45, 7) is 2.77. The van der Waals surface area contributed by atoms with E-state index in [-0.39, 0.29) is 17.0 Å². The summed E-state index contributed by atoms with van der Waals surface area (Å²) >= 11 is 0. The third-order valence-corrected chi connectivity index (χ3v) is 4.05. The number of nitrogens with one attached hydrogen (secondary N) is 2. The molecule has 0 aliphatic heterocycles. The topological polar surface area (TPSA) is 98.7 Å². The zero-order valence-corrected chi connectivity index (χ0v) is 11.9. The molecule has 0 bridgehead atoms. The molecule has 1 aliphatic rings. The van der Waals surface area contributed by atoms with Crippen LogP contribution in [0.15, 0.2) is 18.2 Å². The third-order valence-electron chi connectivity index (χ3n) is 4.05. The van der Waals surface area contributed by atoms with E-state index in [2.05, 4.69) is 17.6 Å². The van der Waals surface area contributed by atoms with Gasteiger partial charge in [0.2, 0.25) is 0 Å². The number of amides is 2. The minimum absolute atomic E-state index is 0.139. The second-order valence-corrected chi connectivity index (χ2v) is 5.54. The number of hydrogen-bond donors (Lipinski definition) is 4. The molecule has 0 heterocycles. The predicted octanol–water partition coefficient (Wildman–Crippen LogP) is 2.65. The van der Waals surface area contributed by atoms with Gasteiger partial charge < -0.3 is 20.8 Å². The molecule has 0 saturated heterocycles. The monoisotopic (exact) mass is 292 g/mol. The summed E-state index contributed by atoms with van der Waals surface area (Å²) in [7, 11) is 0. The fraction of sp³-hybridized carbons (Fsp3) is 0.467. The Hall–Kier alpha value is -2.24. The van der Waals surface area contributed by atoms with E-state index in [1.807, 2.05) is 0 Å². The van der Waals surface area contributed by atoms with Crippen molar-refractivity contribution in [3.05, 3.63) is 23.8 Å². The molecule has 1 aromatic carbocycles. The normalized spacial score (nSPS) is 21.0. The quantitative estimate of drug-likeness (QED) is 0.641. The molecule has 2 unspecified atom stereocenters. The maximum atomic E-state index is 11.9. The molecule has 114 valence electrons. The van der Waals surface area contributed by atoms with Gasteiger partial charge in [-0.2, -0.15) is 0 Å². The average molecular weight is 292 g/mol. The summed E-state index contributed by atoms with van der Waals surface area (Å²) in [6.07, 6.45) is 3.49. The van der Waals surface area contributed by atoms with Crippen LogP contribution < -0.4 is 10.6 Å². The Labute approximate surface area is 123 Å². The van der Waals surface area contributed by atoms with Gasteiger partial charge in [-0.15, -0.1) is 0 Å². The number of urea groups is 1. The molecule has 2 amide bonds. The second-order valence-electron chi connectivity index (χ2n) is 5.54. The zero-order chi connectivity index (χ0) is 15.4. The standard InChI is InChI=1S/C15H20N2O4/c1-9-3-2-4-10(9)8-16-15(21)17-13-6-5-11(18)7-12(13)14(19)20/h5-7,9-10,18H,2-4,8H2,1H3,(H,19,20)(H2,16,17,21). The van der Waals surface area contributed by atoms with Crippen molar-refractivity contribution < 1.29 is 19.8 Å². The van der Waals surface area contributed by atoms with E-state index in [1.54, 1.807) is 0 Å². The number of rotatable bonds is 4. The Balaban J connectivity index is 1.95. The molecule has 0 radical (unpaired) electrons. The molecule has 1 aliphatic carbocycles. The van der Waals surface area contributed by atoms with E-state index in [4.69, 9.17) is 5.11 Å². The first-order chi connectivity index (χ1) is 9.97. The number of benzene rings is 1. The van der Waals surface area contributed by atoms with Gasteiger partial charge in [-0.25, -0.2) is 9.59 Å². The summed E-state index contributed by atoms with van der Waals surface area (Å²) in [5.74, 6) is -0.271. The third kappa shape index (κ3) is 3.87. The molecule has 1 aromatic rings. The second kappa shape index (κ2) is 6.47. The van der Waals surface area contributed by atoms with Gasteiger partial charge >= 0.3 is 12.0 Å². The van der Waals surface area contributed by atoms with Crippen LogP contribution in [0, 0.1) is 11.8 Å². The molecule has 2 rings (SSSR count). The number of aromatic hydroxyl groups is 1. The van der Waals surface area contributed by atoms with E-state index >= 15 is 0 Å². The number of hydrogen-bond acceptors (Lipinski definition) is 3. The van der Waals surface area contributed by atoms with Crippen LogP contribution in [0.5, 0.6) is 5.75 Å². The van der Waals surface area contributed by atoms with E-state index in [0.717, 1.165) is 12.5 Å². The molecule has 1 saturated carbocycles. The molecule has 0 spiro atoms. The van der Waals surface area contributed by atoms with Crippen molar-refractivity contribution in [2.24, 2.45) is 11.8 Å². The van der Waals surface area contributed by atoms with Crippen molar-refractivity contribution in [1.29, 1.82) is 0 Å². The highest BCUT2D eigenvalue weighted by atomic mass is 16.4. The minimum atomic E-state index is -1.20. The SMILES string of the molecule is CC1CCCC1CNC(=O)Nc1ccc(O)cc1C(=O)O. The van der Waals surface area contributed by atoms with Gasteiger partial charge in [-0.05, 0) is 36.5 Å². The summed E-state index contributed by atoms with van der Waals surface area (Å²) in [6, 6.07) is 3.39. The molecule has 21 heavy (non-hydrogen) atoms. The maximum absolute atomic E-state index is 11.9. The minimum Gasteiger partial charge on any atom is -0.508 e. The first kappa shape index (κ1) is 15.2.